The molecule has 0 bridgehead atoms. The Kier molecular flexibility index (Phi) is 6.07. The van der Waals surface area contributed by atoms with Gasteiger partial charge in [0.05, 0.1) is 25.8 Å². The molecule has 0 radical (unpaired) electrons. The highest BCUT2D eigenvalue weighted by atomic mass is 16.5. The fourth-order valence-corrected chi connectivity index (χ4v) is 2.77. The Morgan fingerprint density at radius 2 is 2.05 bits per heavy atom. The zero-order valence-electron chi connectivity index (χ0n) is 13.6. The Morgan fingerprint density at radius 3 is 2.68 bits per heavy atom. The Labute approximate surface area is 132 Å². The third-order valence-electron chi connectivity index (χ3n) is 4.00. The summed E-state index contributed by atoms with van der Waals surface area (Å²) in [5.41, 5.74) is 1.00. The van der Waals surface area contributed by atoms with Crippen LogP contribution in [0.1, 0.15) is 44.2 Å². The number of ether oxygens (including phenoxy) is 2. The van der Waals surface area contributed by atoms with E-state index in [1.54, 1.807) is 14.2 Å². The number of carbonyl (C=O) groups excluding carboxylic acids is 1. The highest BCUT2D eigenvalue weighted by Crippen LogP contribution is 2.33. The number of methoxy groups -OCH3 is 1. The summed E-state index contributed by atoms with van der Waals surface area (Å²) in [6.45, 7) is 2.27. The molecule has 1 unspecified atom stereocenters. The maximum Gasteiger partial charge on any atom is 0.234 e. The summed E-state index contributed by atoms with van der Waals surface area (Å²) in [6, 6.07) is 5.79. The van der Waals surface area contributed by atoms with E-state index in [1.807, 2.05) is 25.1 Å². The van der Waals surface area contributed by atoms with Crippen LogP contribution in [0.5, 0.6) is 11.5 Å². The first-order valence-electron chi connectivity index (χ1n) is 7.92. The van der Waals surface area contributed by atoms with Crippen LogP contribution in [0.3, 0.4) is 0 Å². The number of carbonyl (C=O) groups is 1. The maximum absolute atomic E-state index is 11.6. The van der Waals surface area contributed by atoms with Crippen LogP contribution in [-0.4, -0.2) is 32.7 Å². The molecule has 1 aromatic rings. The maximum atomic E-state index is 11.6. The van der Waals surface area contributed by atoms with Crippen molar-refractivity contribution >= 4 is 5.91 Å². The van der Waals surface area contributed by atoms with E-state index in [4.69, 9.17) is 9.47 Å². The van der Waals surface area contributed by atoms with E-state index in [9.17, 15) is 4.79 Å². The highest BCUT2D eigenvalue weighted by molar-refractivity contribution is 5.78. The molecule has 122 valence electrons. The summed E-state index contributed by atoms with van der Waals surface area (Å²) in [6.07, 6.45) is 5.00. The van der Waals surface area contributed by atoms with Gasteiger partial charge in [-0.1, -0.05) is 6.07 Å². The molecule has 1 aliphatic rings. The molecular weight excluding hydrogens is 280 g/mol. The minimum atomic E-state index is -0.0738. The van der Waals surface area contributed by atoms with E-state index in [-0.39, 0.29) is 11.9 Å². The molecule has 0 aromatic heterocycles. The lowest BCUT2D eigenvalue weighted by Gasteiger charge is -2.19. The molecule has 5 heteroatoms. The third kappa shape index (κ3) is 4.37. The number of nitrogens with one attached hydrogen (secondary N) is 2. The smallest absolute Gasteiger partial charge is 0.234 e. The molecule has 5 nitrogen and oxygen atoms in total. The summed E-state index contributed by atoms with van der Waals surface area (Å²) in [7, 11) is 3.40. The number of rotatable bonds is 7. The first-order valence-corrected chi connectivity index (χ1v) is 7.92. The van der Waals surface area contributed by atoms with Crippen LogP contribution in [0.15, 0.2) is 18.2 Å². The van der Waals surface area contributed by atoms with Gasteiger partial charge in [-0.05, 0) is 57.4 Å². The van der Waals surface area contributed by atoms with E-state index in [2.05, 4.69) is 10.6 Å². The minimum absolute atomic E-state index is 0.0275. The predicted octanol–water partition coefficient (Wildman–Crippen LogP) is 2.41. The summed E-state index contributed by atoms with van der Waals surface area (Å²) < 4.78 is 11.5. The second-order valence-electron chi connectivity index (χ2n) is 5.75. The van der Waals surface area contributed by atoms with Gasteiger partial charge in [-0.2, -0.15) is 0 Å². The Morgan fingerprint density at radius 1 is 1.32 bits per heavy atom. The SMILES string of the molecule is CNCC(=O)NC(C)c1ccc(OC2CCCC2)c(OC)c1. The van der Waals surface area contributed by atoms with Crippen LogP contribution in [0, 0.1) is 0 Å². The Bertz CT molecular complexity index is 499. The molecule has 0 heterocycles. The molecule has 0 spiro atoms. The lowest BCUT2D eigenvalue weighted by atomic mass is 10.1. The molecule has 0 saturated heterocycles. The van der Waals surface area contributed by atoms with Gasteiger partial charge >= 0.3 is 0 Å². The molecule has 1 atom stereocenters. The molecule has 2 rings (SSSR count). The standard InChI is InChI=1S/C17H26N2O3/c1-12(19-17(20)11-18-2)13-8-9-15(16(10-13)21-3)22-14-6-4-5-7-14/h8-10,12,14,18H,4-7,11H2,1-3H3,(H,19,20). The van der Waals surface area contributed by atoms with Gasteiger partial charge in [-0.25, -0.2) is 0 Å². The summed E-state index contributed by atoms with van der Waals surface area (Å²) in [5.74, 6) is 1.48. The van der Waals surface area contributed by atoms with E-state index in [0.29, 0.717) is 12.6 Å². The van der Waals surface area contributed by atoms with Crippen molar-refractivity contribution in [1.82, 2.24) is 10.6 Å². The Hall–Kier alpha value is -1.75. The van der Waals surface area contributed by atoms with Crippen molar-refractivity contribution in [3.05, 3.63) is 23.8 Å². The van der Waals surface area contributed by atoms with Gasteiger partial charge in [0.1, 0.15) is 0 Å². The van der Waals surface area contributed by atoms with Crippen LogP contribution in [0.2, 0.25) is 0 Å². The van der Waals surface area contributed by atoms with Crippen molar-refractivity contribution in [2.75, 3.05) is 20.7 Å². The van der Waals surface area contributed by atoms with E-state index in [1.165, 1.54) is 12.8 Å². The topological polar surface area (TPSA) is 59.6 Å². The largest absolute Gasteiger partial charge is 0.493 e. The molecule has 1 fully saturated rings. The van der Waals surface area contributed by atoms with Crippen LogP contribution in [0.4, 0.5) is 0 Å². The van der Waals surface area contributed by atoms with Crippen molar-refractivity contribution in [2.24, 2.45) is 0 Å². The summed E-state index contributed by atoms with van der Waals surface area (Å²) in [4.78, 5) is 11.6. The predicted molar refractivity (Wildman–Crippen MR) is 86.4 cm³/mol. The molecule has 1 amide bonds. The Balaban J connectivity index is 2.05. The lowest BCUT2D eigenvalue weighted by molar-refractivity contribution is -0.120. The van der Waals surface area contributed by atoms with Gasteiger partial charge in [0, 0.05) is 0 Å². The minimum Gasteiger partial charge on any atom is -0.493 e. The zero-order valence-corrected chi connectivity index (χ0v) is 13.6. The van der Waals surface area contributed by atoms with E-state index in [0.717, 1.165) is 29.9 Å². The van der Waals surface area contributed by atoms with Crippen LogP contribution in [0.25, 0.3) is 0 Å². The van der Waals surface area contributed by atoms with Crippen molar-refractivity contribution < 1.29 is 14.3 Å². The second kappa shape index (κ2) is 8.03. The third-order valence-corrected chi connectivity index (χ3v) is 4.00. The van der Waals surface area contributed by atoms with Crippen LogP contribution >= 0.6 is 0 Å². The fourth-order valence-electron chi connectivity index (χ4n) is 2.77. The van der Waals surface area contributed by atoms with Crippen molar-refractivity contribution in [2.45, 2.75) is 44.8 Å². The van der Waals surface area contributed by atoms with E-state index >= 15 is 0 Å². The lowest BCUT2D eigenvalue weighted by Crippen LogP contribution is -2.33. The number of amides is 1. The fraction of sp³-hybridized carbons (Fsp3) is 0.588. The number of benzene rings is 1. The van der Waals surface area contributed by atoms with E-state index < -0.39 is 0 Å². The normalized spacial score (nSPS) is 16.3. The second-order valence-corrected chi connectivity index (χ2v) is 5.75. The molecule has 0 aliphatic heterocycles. The zero-order chi connectivity index (χ0) is 15.9. The van der Waals surface area contributed by atoms with Crippen molar-refractivity contribution in [1.29, 1.82) is 0 Å². The average molecular weight is 306 g/mol. The quantitative estimate of drug-likeness (QED) is 0.812. The number of hydrogen-bond acceptors (Lipinski definition) is 4. The number of likely N-dealkylation sites (N-methyl/N-ethyl adjacent to an activating group) is 1. The first-order chi connectivity index (χ1) is 10.6. The van der Waals surface area contributed by atoms with Crippen molar-refractivity contribution in [3.63, 3.8) is 0 Å². The van der Waals surface area contributed by atoms with Crippen LogP contribution < -0.4 is 20.1 Å². The molecule has 1 aromatic carbocycles. The van der Waals surface area contributed by atoms with Gasteiger partial charge < -0.3 is 20.1 Å². The first kappa shape index (κ1) is 16.6. The van der Waals surface area contributed by atoms with Crippen molar-refractivity contribution in [3.8, 4) is 11.5 Å². The van der Waals surface area contributed by atoms with Gasteiger partial charge in [0.15, 0.2) is 11.5 Å². The summed E-state index contributed by atoms with van der Waals surface area (Å²) >= 11 is 0. The average Bonchev–Trinajstić information content (AvgIpc) is 3.00. The number of hydrogen-bond donors (Lipinski definition) is 2. The monoisotopic (exact) mass is 306 g/mol. The summed E-state index contributed by atoms with van der Waals surface area (Å²) in [5, 5.41) is 5.78. The van der Waals surface area contributed by atoms with Gasteiger partial charge in [0.2, 0.25) is 5.91 Å². The van der Waals surface area contributed by atoms with Gasteiger partial charge in [-0.3, -0.25) is 4.79 Å². The highest BCUT2D eigenvalue weighted by Gasteiger charge is 2.19. The molecule has 22 heavy (non-hydrogen) atoms. The van der Waals surface area contributed by atoms with Crippen LogP contribution in [-0.2, 0) is 4.79 Å². The molecule has 1 aliphatic carbocycles. The molecule has 2 N–H and O–H groups in total. The van der Waals surface area contributed by atoms with Gasteiger partial charge in [-0.15, -0.1) is 0 Å². The molecular formula is C17H26N2O3. The molecule has 1 saturated carbocycles. The van der Waals surface area contributed by atoms with Gasteiger partial charge in [0.25, 0.3) is 0 Å².